The fraction of sp³-hybridized carbons (Fsp3) is 0.593. The minimum atomic E-state index is -0.644. The van der Waals surface area contributed by atoms with Crippen molar-refractivity contribution in [2.45, 2.75) is 83.5 Å². The lowest BCUT2D eigenvalue weighted by molar-refractivity contribution is -0.136. The minimum absolute atomic E-state index is 0.0543. The molecule has 1 aromatic heterocycles. The van der Waals surface area contributed by atoms with Gasteiger partial charge in [0.15, 0.2) is 0 Å². The Balaban J connectivity index is 1.09. The first kappa shape index (κ1) is 22.0. The second-order valence-electron chi connectivity index (χ2n) is 12.4. The van der Waals surface area contributed by atoms with Gasteiger partial charge in [-0.1, -0.05) is 25.1 Å². The van der Waals surface area contributed by atoms with Crippen molar-refractivity contribution in [3.8, 4) is 5.75 Å². The number of carbonyl (C=O) groups is 3. The summed E-state index contributed by atoms with van der Waals surface area (Å²) in [7, 11) is 0. The molecule has 9 heteroatoms. The maximum atomic E-state index is 13.1. The first-order valence-corrected chi connectivity index (χ1v) is 13.0. The van der Waals surface area contributed by atoms with Crippen LogP contribution in [0.4, 0.5) is 0 Å². The monoisotopic (exact) mass is 489 g/mol. The Bertz CT molecular complexity index is 1320. The molecule has 3 unspecified atom stereocenters. The molecular weight excluding hydrogens is 458 g/mol. The van der Waals surface area contributed by atoms with Gasteiger partial charge in [0.2, 0.25) is 11.8 Å². The highest BCUT2D eigenvalue weighted by atomic mass is 16.5. The van der Waals surface area contributed by atoms with Crippen LogP contribution in [0.1, 0.15) is 80.4 Å². The van der Waals surface area contributed by atoms with Crippen molar-refractivity contribution in [1.82, 2.24) is 25.2 Å². The van der Waals surface area contributed by atoms with Crippen molar-refractivity contribution in [3.05, 3.63) is 41.2 Å². The molecule has 4 aliphatic carbocycles. The van der Waals surface area contributed by atoms with Crippen LogP contribution in [0.2, 0.25) is 0 Å². The molecule has 5 atom stereocenters. The highest BCUT2D eigenvalue weighted by Crippen LogP contribution is 2.74. The highest BCUT2D eigenvalue weighted by Gasteiger charge is 2.69. The smallest absolute Gasteiger partial charge is 0.255 e. The average Bonchev–Trinajstić information content (AvgIpc) is 3.50. The summed E-state index contributed by atoms with van der Waals surface area (Å²) in [6.45, 7) is 5.42. The van der Waals surface area contributed by atoms with Gasteiger partial charge >= 0.3 is 0 Å². The molecule has 1 N–H and O–H groups in total. The van der Waals surface area contributed by atoms with E-state index in [1.54, 1.807) is 17.0 Å². The molecule has 2 aromatic rings. The van der Waals surface area contributed by atoms with Crippen LogP contribution in [0.25, 0.3) is 0 Å². The largest absolute Gasteiger partial charge is 0.487 e. The standard InChI is InChI=1S/C27H31N5O4/c1-25-8-16-9-26(2,14-25)27(10-16,15-25)32-11-17(29-30-32)13-36-21-5-3-4-18-19(21)12-31(24(18)35)20-6-7-22(33)28-23(20)34/h3-5,11,16,20H,6-10,12-15H2,1-2H3,(H,28,33,34)/t16?,20?,25-,26+,27?/m0/s1. The predicted molar refractivity (Wildman–Crippen MR) is 128 cm³/mol. The number of piperidine rings is 1. The number of aromatic nitrogens is 3. The Morgan fingerprint density at radius 1 is 1.14 bits per heavy atom. The molecule has 5 fully saturated rings. The highest BCUT2D eigenvalue weighted by molar-refractivity contribution is 6.05. The summed E-state index contributed by atoms with van der Waals surface area (Å²) in [5.41, 5.74) is 2.82. The molecule has 0 radical (unpaired) electrons. The number of ether oxygens (including phenoxy) is 1. The lowest BCUT2D eigenvalue weighted by atomic mass is 9.69. The number of hydrogen-bond donors (Lipinski definition) is 1. The molecule has 3 heterocycles. The lowest BCUT2D eigenvalue weighted by Crippen LogP contribution is -2.52. The normalized spacial score (nSPS) is 36.5. The zero-order valence-electron chi connectivity index (χ0n) is 20.7. The van der Waals surface area contributed by atoms with E-state index in [4.69, 9.17) is 4.74 Å². The van der Waals surface area contributed by atoms with Gasteiger partial charge in [0, 0.05) is 17.5 Å². The maximum absolute atomic E-state index is 13.1. The van der Waals surface area contributed by atoms with Crippen LogP contribution in [-0.4, -0.2) is 43.7 Å². The van der Waals surface area contributed by atoms with E-state index in [9.17, 15) is 14.4 Å². The van der Waals surface area contributed by atoms with Gasteiger partial charge < -0.3 is 9.64 Å². The number of hydrogen-bond acceptors (Lipinski definition) is 6. The van der Waals surface area contributed by atoms with E-state index in [1.807, 2.05) is 6.07 Å². The molecule has 2 aliphatic heterocycles. The Morgan fingerprint density at radius 3 is 2.81 bits per heavy atom. The second-order valence-corrected chi connectivity index (χ2v) is 12.4. The number of fused-ring (bicyclic) bond motifs is 1. The number of imide groups is 1. The van der Waals surface area contributed by atoms with Crippen LogP contribution in [-0.2, 0) is 28.3 Å². The third kappa shape index (κ3) is 2.97. The maximum Gasteiger partial charge on any atom is 0.255 e. The summed E-state index contributed by atoms with van der Waals surface area (Å²) in [5.74, 6) is 0.484. The number of nitrogens with zero attached hydrogens (tertiary/aromatic N) is 4. The molecule has 1 aromatic carbocycles. The first-order chi connectivity index (χ1) is 17.2. The van der Waals surface area contributed by atoms with Gasteiger partial charge in [-0.3, -0.25) is 19.7 Å². The van der Waals surface area contributed by atoms with Crippen molar-refractivity contribution in [3.63, 3.8) is 0 Å². The Labute approximate surface area is 209 Å². The molecule has 4 saturated carbocycles. The van der Waals surface area contributed by atoms with Gasteiger partial charge in [-0.05, 0) is 67.4 Å². The number of amides is 3. The molecule has 9 nitrogen and oxygen atoms in total. The average molecular weight is 490 g/mol. The van der Waals surface area contributed by atoms with Gasteiger partial charge in [0.25, 0.3) is 5.91 Å². The van der Waals surface area contributed by atoms with Crippen LogP contribution >= 0.6 is 0 Å². The first-order valence-electron chi connectivity index (χ1n) is 13.0. The van der Waals surface area contributed by atoms with Crippen LogP contribution < -0.4 is 10.1 Å². The third-order valence-electron chi connectivity index (χ3n) is 9.70. The molecule has 3 amide bonds. The van der Waals surface area contributed by atoms with E-state index < -0.39 is 11.9 Å². The number of carbonyl (C=O) groups excluding carboxylic acids is 3. The second kappa shape index (κ2) is 7.17. The summed E-state index contributed by atoms with van der Waals surface area (Å²) >= 11 is 0. The molecule has 6 aliphatic rings. The minimum Gasteiger partial charge on any atom is -0.487 e. The van der Waals surface area contributed by atoms with E-state index in [0.29, 0.717) is 23.1 Å². The fourth-order valence-corrected chi connectivity index (χ4v) is 8.71. The Hall–Kier alpha value is -3.23. The molecule has 188 valence electrons. The fourth-order valence-electron chi connectivity index (χ4n) is 8.71. The zero-order chi connectivity index (χ0) is 24.9. The summed E-state index contributed by atoms with van der Waals surface area (Å²) in [4.78, 5) is 38.5. The third-order valence-corrected chi connectivity index (χ3v) is 9.70. The quantitative estimate of drug-likeness (QED) is 0.648. The number of rotatable bonds is 5. The predicted octanol–water partition coefficient (Wildman–Crippen LogP) is 2.93. The van der Waals surface area contributed by atoms with Crippen LogP contribution in [0, 0.1) is 16.7 Å². The molecule has 8 rings (SSSR count). The van der Waals surface area contributed by atoms with Crippen molar-refractivity contribution in [2.75, 3.05) is 0 Å². The van der Waals surface area contributed by atoms with Crippen LogP contribution in [0.5, 0.6) is 5.75 Å². The van der Waals surface area contributed by atoms with Gasteiger partial charge in [-0.2, -0.15) is 0 Å². The van der Waals surface area contributed by atoms with Crippen LogP contribution in [0.3, 0.4) is 0 Å². The SMILES string of the molecule is C[C@@]12CC3CC(n4cc(COc5cccc6c5CN(C5CCC(=O)NC5=O)C6=O)nn4)(C1)[C@](C)(C3)C2. The summed E-state index contributed by atoms with van der Waals surface area (Å²) in [5, 5.41) is 11.4. The van der Waals surface area contributed by atoms with Crippen molar-refractivity contribution >= 4 is 17.7 Å². The van der Waals surface area contributed by atoms with Gasteiger partial charge in [-0.25, -0.2) is 4.68 Å². The molecule has 36 heavy (non-hydrogen) atoms. The van der Waals surface area contributed by atoms with Crippen molar-refractivity contribution in [2.24, 2.45) is 16.7 Å². The van der Waals surface area contributed by atoms with Gasteiger partial charge in [0.05, 0.1) is 18.3 Å². The Kier molecular flexibility index (Phi) is 4.38. The van der Waals surface area contributed by atoms with E-state index >= 15 is 0 Å². The van der Waals surface area contributed by atoms with Crippen molar-refractivity contribution in [1.29, 1.82) is 0 Å². The molecule has 4 bridgehead atoms. The summed E-state index contributed by atoms with van der Waals surface area (Å²) in [6, 6.07) is 4.77. The van der Waals surface area contributed by atoms with Crippen molar-refractivity contribution < 1.29 is 19.1 Å². The van der Waals surface area contributed by atoms with E-state index in [2.05, 4.69) is 40.4 Å². The molecule has 1 saturated heterocycles. The lowest BCUT2D eigenvalue weighted by Gasteiger charge is -2.38. The number of benzene rings is 1. The summed E-state index contributed by atoms with van der Waals surface area (Å²) in [6.07, 6.45) is 8.86. The zero-order valence-corrected chi connectivity index (χ0v) is 20.7. The van der Waals surface area contributed by atoms with Gasteiger partial charge in [0.1, 0.15) is 24.1 Å². The van der Waals surface area contributed by atoms with E-state index in [0.717, 1.165) is 17.2 Å². The molecular formula is C27H31N5O4. The van der Waals surface area contributed by atoms with E-state index in [-0.39, 0.29) is 42.3 Å². The van der Waals surface area contributed by atoms with E-state index in [1.165, 1.54) is 32.1 Å². The summed E-state index contributed by atoms with van der Waals surface area (Å²) < 4.78 is 8.31. The topological polar surface area (TPSA) is 106 Å². The van der Waals surface area contributed by atoms with Crippen LogP contribution in [0.15, 0.2) is 24.4 Å². The molecule has 0 spiro atoms. The Morgan fingerprint density at radius 2 is 2.00 bits per heavy atom. The number of nitrogens with one attached hydrogen (secondary N) is 1. The van der Waals surface area contributed by atoms with Gasteiger partial charge in [-0.15, -0.1) is 5.10 Å².